The molecule has 1 saturated heterocycles. The van der Waals surface area contributed by atoms with Crippen LogP contribution in [0.3, 0.4) is 0 Å². The molecule has 3 rings (SSSR count). The quantitative estimate of drug-likeness (QED) is 0.602. The first-order chi connectivity index (χ1) is 14.7. The molecule has 7 nitrogen and oxygen atoms in total. The van der Waals surface area contributed by atoms with Gasteiger partial charge in [-0.05, 0) is 60.8 Å². The second-order valence-electron chi connectivity index (χ2n) is 7.65. The van der Waals surface area contributed by atoms with Gasteiger partial charge in [0.15, 0.2) is 19.7 Å². The zero-order chi connectivity index (χ0) is 22.6. The summed E-state index contributed by atoms with van der Waals surface area (Å²) in [5.74, 6) is 0.821. The van der Waals surface area contributed by atoms with Crippen molar-refractivity contribution >= 4 is 19.7 Å². The average molecular weight is 468 g/mol. The lowest BCUT2D eigenvalue weighted by Gasteiger charge is -2.20. The van der Waals surface area contributed by atoms with Crippen LogP contribution < -0.4 is 14.8 Å². The minimum atomic E-state index is -3.79. The summed E-state index contributed by atoms with van der Waals surface area (Å²) in [7, 11) is -4.09. The summed E-state index contributed by atoms with van der Waals surface area (Å²) in [4.78, 5) is 0.160. The summed E-state index contributed by atoms with van der Waals surface area (Å²) in [5, 5.41) is 2.15. The van der Waals surface area contributed by atoms with Crippen LogP contribution in [-0.4, -0.2) is 60.4 Å². The molecule has 1 fully saturated rings. The van der Waals surface area contributed by atoms with Crippen molar-refractivity contribution in [2.75, 3.05) is 32.3 Å². The number of rotatable bonds is 9. The van der Waals surface area contributed by atoms with Crippen LogP contribution in [0.1, 0.15) is 18.1 Å². The molecule has 0 aromatic heterocycles. The summed E-state index contributed by atoms with van der Waals surface area (Å²) in [5.41, 5.74) is 1.92. The van der Waals surface area contributed by atoms with Gasteiger partial charge in [0.2, 0.25) is 0 Å². The molecular weight excluding hydrogens is 438 g/mol. The van der Waals surface area contributed by atoms with E-state index in [0.717, 1.165) is 17.5 Å². The first kappa shape index (κ1) is 23.6. The van der Waals surface area contributed by atoms with Gasteiger partial charge in [-0.1, -0.05) is 19.1 Å². The van der Waals surface area contributed by atoms with Gasteiger partial charge >= 0.3 is 0 Å². The summed E-state index contributed by atoms with van der Waals surface area (Å²) < 4.78 is 61.7. The van der Waals surface area contributed by atoms with Crippen molar-refractivity contribution in [3.63, 3.8) is 0 Å². The molecule has 2 unspecified atom stereocenters. The molecule has 2 aromatic rings. The monoisotopic (exact) mass is 467 g/mol. The van der Waals surface area contributed by atoms with Crippen LogP contribution in [0.15, 0.2) is 47.4 Å². The van der Waals surface area contributed by atoms with Gasteiger partial charge in [-0.15, -0.1) is 0 Å². The van der Waals surface area contributed by atoms with E-state index in [1.807, 2.05) is 13.0 Å². The van der Waals surface area contributed by atoms with Gasteiger partial charge in [0.1, 0.15) is 11.5 Å². The van der Waals surface area contributed by atoms with E-state index in [4.69, 9.17) is 9.47 Å². The maximum atomic E-state index is 13.2. The first-order valence-corrected chi connectivity index (χ1v) is 13.5. The van der Waals surface area contributed by atoms with Crippen LogP contribution in [0.5, 0.6) is 11.5 Å². The van der Waals surface area contributed by atoms with Gasteiger partial charge in [-0.2, -0.15) is 0 Å². The van der Waals surface area contributed by atoms with E-state index in [0.29, 0.717) is 24.5 Å². The number of aryl methyl sites for hydroxylation is 1. The Morgan fingerprint density at radius 1 is 1.03 bits per heavy atom. The standard InChI is InChI=1S/C22H29NO6S2/c1-4-16-5-8-19(9-6-16)31(26,27)22-15-30(24,25)14-20(22)23-12-11-17-13-18(28-2)7-10-21(17)29-3/h5-10,13,20,22-23H,4,11-12,14-15H2,1-3H3. The molecule has 0 radical (unpaired) electrons. The smallest absolute Gasteiger partial charge is 0.183 e. The van der Waals surface area contributed by atoms with E-state index >= 15 is 0 Å². The van der Waals surface area contributed by atoms with Gasteiger partial charge in [-0.25, -0.2) is 16.8 Å². The number of benzene rings is 2. The third kappa shape index (κ3) is 5.39. The third-order valence-electron chi connectivity index (χ3n) is 5.65. The number of methoxy groups -OCH3 is 2. The van der Waals surface area contributed by atoms with E-state index < -0.39 is 31.0 Å². The van der Waals surface area contributed by atoms with Crippen LogP contribution in [-0.2, 0) is 32.5 Å². The van der Waals surface area contributed by atoms with Crippen molar-refractivity contribution in [2.24, 2.45) is 0 Å². The van der Waals surface area contributed by atoms with Crippen molar-refractivity contribution in [3.8, 4) is 11.5 Å². The second-order valence-corrected chi connectivity index (χ2v) is 12.0. The van der Waals surface area contributed by atoms with Gasteiger partial charge in [-0.3, -0.25) is 0 Å². The molecule has 1 aliphatic rings. The molecule has 0 saturated carbocycles. The van der Waals surface area contributed by atoms with Crippen LogP contribution in [0.4, 0.5) is 0 Å². The number of hydrogen-bond donors (Lipinski definition) is 1. The third-order valence-corrected chi connectivity index (χ3v) is 9.81. The predicted molar refractivity (Wildman–Crippen MR) is 120 cm³/mol. The molecule has 0 amide bonds. The van der Waals surface area contributed by atoms with Crippen molar-refractivity contribution < 1.29 is 26.3 Å². The van der Waals surface area contributed by atoms with Crippen LogP contribution in [0, 0.1) is 0 Å². The number of hydrogen-bond acceptors (Lipinski definition) is 7. The fourth-order valence-electron chi connectivity index (χ4n) is 3.87. The maximum Gasteiger partial charge on any atom is 0.183 e. The Labute approximate surface area is 184 Å². The summed E-state index contributed by atoms with van der Waals surface area (Å²) >= 11 is 0. The van der Waals surface area contributed by atoms with E-state index in [1.54, 1.807) is 50.6 Å². The molecule has 1 heterocycles. The Morgan fingerprint density at radius 2 is 1.74 bits per heavy atom. The Bertz CT molecular complexity index is 1110. The van der Waals surface area contributed by atoms with Gasteiger partial charge in [0, 0.05) is 6.04 Å². The van der Waals surface area contributed by atoms with Crippen molar-refractivity contribution in [3.05, 3.63) is 53.6 Å². The highest BCUT2D eigenvalue weighted by atomic mass is 32.2. The Balaban J connectivity index is 1.76. The number of nitrogens with one attached hydrogen (secondary N) is 1. The second kappa shape index (κ2) is 9.58. The predicted octanol–water partition coefficient (Wildman–Crippen LogP) is 2.04. The van der Waals surface area contributed by atoms with Crippen LogP contribution in [0.2, 0.25) is 0 Å². The molecule has 9 heteroatoms. The molecule has 31 heavy (non-hydrogen) atoms. The van der Waals surface area contributed by atoms with Crippen LogP contribution >= 0.6 is 0 Å². The molecule has 0 aliphatic carbocycles. The lowest BCUT2D eigenvalue weighted by Crippen LogP contribution is -2.44. The number of ether oxygens (including phenoxy) is 2. The number of sulfone groups is 2. The van der Waals surface area contributed by atoms with Crippen LogP contribution in [0.25, 0.3) is 0 Å². The zero-order valence-corrected chi connectivity index (χ0v) is 19.6. The van der Waals surface area contributed by atoms with Crippen molar-refractivity contribution in [2.45, 2.75) is 36.0 Å². The molecule has 1 aliphatic heterocycles. The van der Waals surface area contributed by atoms with Crippen molar-refractivity contribution in [1.82, 2.24) is 5.32 Å². The van der Waals surface area contributed by atoms with Gasteiger partial charge < -0.3 is 14.8 Å². The minimum absolute atomic E-state index is 0.160. The molecule has 2 atom stereocenters. The minimum Gasteiger partial charge on any atom is -0.497 e. The SMILES string of the molecule is CCc1ccc(S(=O)(=O)C2CS(=O)(=O)CC2NCCc2cc(OC)ccc2OC)cc1. The molecule has 0 spiro atoms. The summed E-state index contributed by atoms with van der Waals surface area (Å²) in [6, 6.07) is 11.5. The molecule has 170 valence electrons. The lowest BCUT2D eigenvalue weighted by molar-refractivity contribution is 0.398. The Kier molecular flexibility index (Phi) is 7.28. The fraction of sp³-hybridized carbons (Fsp3) is 0.455. The fourth-order valence-corrected chi connectivity index (χ4v) is 8.59. The first-order valence-electron chi connectivity index (χ1n) is 10.2. The summed E-state index contributed by atoms with van der Waals surface area (Å²) in [6.45, 7) is 2.40. The zero-order valence-electron chi connectivity index (χ0n) is 18.0. The Hall–Kier alpha value is -2.10. The lowest BCUT2D eigenvalue weighted by atomic mass is 10.1. The highest BCUT2D eigenvalue weighted by Gasteiger charge is 2.45. The topological polar surface area (TPSA) is 98.8 Å². The van der Waals surface area contributed by atoms with Gasteiger partial charge in [0.05, 0.1) is 35.9 Å². The van der Waals surface area contributed by atoms with Gasteiger partial charge in [0.25, 0.3) is 0 Å². The molecule has 1 N–H and O–H groups in total. The van der Waals surface area contributed by atoms with E-state index in [2.05, 4.69) is 5.32 Å². The molecule has 2 aromatic carbocycles. The Morgan fingerprint density at radius 3 is 2.35 bits per heavy atom. The average Bonchev–Trinajstić information content (AvgIpc) is 3.08. The van der Waals surface area contributed by atoms with Crippen molar-refractivity contribution in [1.29, 1.82) is 0 Å². The largest absolute Gasteiger partial charge is 0.497 e. The highest BCUT2D eigenvalue weighted by Crippen LogP contribution is 2.27. The maximum absolute atomic E-state index is 13.2. The molecule has 0 bridgehead atoms. The highest BCUT2D eigenvalue weighted by molar-refractivity contribution is 7.96. The van der Waals surface area contributed by atoms with E-state index in [-0.39, 0.29) is 16.4 Å². The molecular formula is C22H29NO6S2. The van der Waals surface area contributed by atoms with E-state index in [9.17, 15) is 16.8 Å². The normalized spacial score (nSPS) is 20.5. The summed E-state index contributed by atoms with van der Waals surface area (Å²) in [6.07, 6.45) is 1.34. The van der Waals surface area contributed by atoms with E-state index in [1.165, 1.54) is 0 Å².